The highest BCUT2D eigenvalue weighted by Gasteiger charge is 2.14. The molecule has 160 valence electrons. The zero-order valence-electron chi connectivity index (χ0n) is 17.4. The van der Waals surface area contributed by atoms with E-state index in [-0.39, 0.29) is 30.1 Å². The zero-order valence-corrected chi connectivity index (χ0v) is 19.7. The molecule has 1 saturated heterocycles. The first kappa shape index (κ1) is 25.0. The normalized spacial score (nSPS) is 17.7. The predicted octanol–water partition coefficient (Wildman–Crippen LogP) is 3.56. The van der Waals surface area contributed by atoms with Crippen LogP contribution in [-0.2, 0) is 9.47 Å². The van der Waals surface area contributed by atoms with Gasteiger partial charge >= 0.3 is 0 Å². The average Bonchev–Trinajstić information content (AvgIpc) is 3.21. The minimum Gasteiger partial charge on any atom is -0.497 e. The molecule has 1 aliphatic heterocycles. The zero-order chi connectivity index (χ0) is 19.3. The number of aliphatic imine (C=N–C) groups is 1. The van der Waals surface area contributed by atoms with Crippen molar-refractivity contribution in [1.29, 1.82) is 0 Å². The lowest BCUT2D eigenvalue weighted by molar-refractivity contribution is 0.0191. The van der Waals surface area contributed by atoms with Crippen molar-refractivity contribution < 1.29 is 14.2 Å². The maximum absolute atomic E-state index is 5.69. The lowest BCUT2D eigenvalue weighted by Gasteiger charge is -2.14. The first-order valence-corrected chi connectivity index (χ1v) is 10.1. The van der Waals surface area contributed by atoms with Gasteiger partial charge in [0.1, 0.15) is 5.75 Å². The standard InChI is InChI=1S/C21H35N3O3.HI/c1-4-22-21(24-13-15-26-16-20-6-5-14-27-20)23-12-11-17(2)18-7-9-19(25-3)10-8-18;/h7-10,17,20H,4-6,11-16H2,1-3H3,(H2,22,23,24);1H. The molecule has 2 N–H and O–H groups in total. The van der Waals surface area contributed by atoms with Gasteiger partial charge in [-0.25, -0.2) is 0 Å². The number of ether oxygens (including phenoxy) is 3. The number of hydrogen-bond acceptors (Lipinski definition) is 4. The van der Waals surface area contributed by atoms with Gasteiger partial charge in [0, 0.05) is 26.2 Å². The Morgan fingerprint density at radius 2 is 2.07 bits per heavy atom. The number of rotatable bonds is 11. The van der Waals surface area contributed by atoms with E-state index >= 15 is 0 Å². The Morgan fingerprint density at radius 3 is 2.71 bits per heavy atom. The predicted molar refractivity (Wildman–Crippen MR) is 125 cm³/mol. The van der Waals surface area contributed by atoms with Gasteiger partial charge in [-0.1, -0.05) is 19.1 Å². The SMILES string of the molecule is CCNC(=NCCC(C)c1ccc(OC)cc1)NCCOCC1CCCO1.I. The van der Waals surface area contributed by atoms with Gasteiger partial charge in [0.05, 0.1) is 26.4 Å². The van der Waals surface area contributed by atoms with Crippen LogP contribution in [0.5, 0.6) is 5.75 Å². The van der Waals surface area contributed by atoms with Crippen LogP contribution in [0.2, 0.25) is 0 Å². The molecule has 2 atom stereocenters. The fourth-order valence-electron chi connectivity index (χ4n) is 3.04. The van der Waals surface area contributed by atoms with E-state index in [0.717, 1.165) is 57.2 Å². The molecule has 0 amide bonds. The average molecular weight is 505 g/mol. The summed E-state index contributed by atoms with van der Waals surface area (Å²) in [5.74, 6) is 2.20. The topological polar surface area (TPSA) is 64.1 Å². The van der Waals surface area contributed by atoms with E-state index < -0.39 is 0 Å². The van der Waals surface area contributed by atoms with Crippen molar-refractivity contribution in [3.05, 3.63) is 29.8 Å². The Kier molecular flexibility index (Phi) is 13.3. The second kappa shape index (κ2) is 14.9. The fraction of sp³-hybridized carbons (Fsp3) is 0.667. The van der Waals surface area contributed by atoms with Crippen LogP contribution in [0.15, 0.2) is 29.3 Å². The molecule has 0 aliphatic carbocycles. The van der Waals surface area contributed by atoms with E-state index in [2.05, 4.69) is 41.6 Å². The molecule has 0 radical (unpaired) electrons. The molecule has 6 nitrogen and oxygen atoms in total. The van der Waals surface area contributed by atoms with Crippen LogP contribution in [0.25, 0.3) is 0 Å². The number of nitrogens with one attached hydrogen (secondary N) is 2. The molecule has 1 heterocycles. The molecule has 1 fully saturated rings. The molecule has 0 saturated carbocycles. The first-order chi connectivity index (χ1) is 13.2. The summed E-state index contributed by atoms with van der Waals surface area (Å²) in [6.07, 6.45) is 3.55. The highest BCUT2D eigenvalue weighted by molar-refractivity contribution is 14.0. The van der Waals surface area contributed by atoms with Gasteiger partial charge in [0.25, 0.3) is 0 Å². The van der Waals surface area contributed by atoms with Crippen molar-refractivity contribution in [3.8, 4) is 5.75 Å². The van der Waals surface area contributed by atoms with Crippen molar-refractivity contribution in [1.82, 2.24) is 10.6 Å². The molecule has 2 unspecified atom stereocenters. The Morgan fingerprint density at radius 1 is 1.29 bits per heavy atom. The van der Waals surface area contributed by atoms with Gasteiger partial charge < -0.3 is 24.8 Å². The monoisotopic (exact) mass is 505 g/mol. The highest BCUT2D eigenvalue weighted by atomic mass is 127. The van der Waals surface area contributed by atoms with Crippen molar-refractivity contribution in [2.24, 2.45) is 4.99 Å². The van der Waals surface area contributed by atoms with E-state index in [9.17, 15) is 0 Å². The number of halogens is 1. The van der Waals surface area contributed by atoms with Crippen molar-refractivity contribution in [2.75, 3.05) is 46.6 Å². The first-order valence-electron chi connectivity index (χ1n) is 10.1. The third-order valence-corrected chi connectivity index (χ3v) is 4.73. The number of hydrogen-bond donors (Lipinski definition) is 2. The van der Waals surface area contributed by atoms with Gasteiger partial charge in [-0.2, -0.15) is 0 Å². The van der Waals surface area contributed by atoms with Crippen LogP contribution in [0.3, 0.4) is 0 Å². The smallest absolute Gasteiger partial charge is 0.191 e. The van der Waals surface area contributed by atoms with Crippen molar-refractivity contribution in [2.45, 2.75) is 45.1 Å². The summed E-state index contributed by atoms with van der Waals surface area (Å²) >= 11 is 0. The summed E-state index contributed by atoms with van der Waals surface area (Å²) in [5, 5.41) is 6.62. The fourth-order valence-corrected chi connectivity index (χ4v) is 3.04. The Hall–Kier alpha value is -1.06. The van der Waals surface area contributed by atoms with E-state index in [1.807, 2.05) is 12.1 Å². The lowest BCUT2D eigenvalue weighted by atomic mass is 9.98. The molecule has 7 heteroatoms. The number of benzene rings is 1. The minimum absolute atomic E-state index is 0. The van der Waals surface area contributed by atoms with Gasteiger partial charge in [-0.05, 0) is 49.8 Å². The Labute approximate surface area is 186 Å². The summed E-state index contributed by atoms with van der Waals surface area (Å²) in [7, 11) is 1.69. The highest BCUT2D eigenvalue weighted by Crippen LogP contribution is 2.21. The van der Waals surface area contributed by atoms with E-state index in [1.54, 1.807) is 7.11 Å². The molecular formula is C21H36IN3O3. The molecule has 0 aromatic heterocycles. The Balaban J connectivity index is 0.00000392. The van der Waals surface area contributed by atoms with E-state index in [4.69, 9.17) is 14.2 Å². The summed E-state index contributed by atoms with van der Waals surface area (Å²) in [6.45, 7) is 8.89. The second-order valence-corrected chi connectivity index (χ2v) is 6.86. The summed E-state index contributed by atoms with van der Waals surface area (Å²) < 4.78 is 16.5. The molecule has 1 aromatic rings. The second-order valence-electron chi connectivity index (χ2n) is 6.86. The van der Waals surface area contributed by atoms with Crippen LogP contribution in [-0.4, -0.2) is 58.6 Å². The van der Waals surface area contributed by atoms with Crippen LogP contribution in [0, 0.1) is 0 Å². The molecule has 1 aromatic carbocycles. The van der Waals surface area contributed by atoms with Crippen LogP contribution < -0.4 is 15.4 Å². The Bertz CT molecular complexity index is 548. The summed E-state index contributed by atoms with van der Waals surface area (Å²) in [4.78, 5) is 4.68. The molecular weight excluding hydrogens is 469 g/mol. The largest absolute Gasteiger partial charge is 0.497 e. The van der Waals surface area contributed by atoms with Gasteiger partial charge in [-0.15, -0.1) is 24.0 Å². The van der Waals surface area contributed by atoms with Crippen LogP contribution in [0.1, 0.15) is 44.6 Å². The summed E-state index contributed by atoms with van der Waals surface area (Å²) in [6, 6.07) is 8.28. The number of nitrogens with zero attached hydrogens (tertiary/aromatic N) is 1. The van der Waals surface area contributed by atoms with Crippen molar-refractivity contribution >= 4 is 29.9 Å². The third kappa shape index (κ3) is 9.43. The summed E-state index contributed by atoms with van der Waals surface area (Å²) in [5.41, 5.74) is 1.31. The number of methoxy groups -OCH3 is 1. The maximum Gasteiger partial charge on any atom is 0.191 e. The van der Waals surface area contributed by atoms with E-state index in [0.29, 0.717) is 19.1 Å². The maximum atomic E-state index is 5.69. The van der Waals surface area contributed by atoms with E-state index in [1.165, 1.54) is 5.56 Å². The number of guanidine groups is 1. The van der Waals surface area contributed by atoms with Crippen LogP contribution in [0.4, 0.5) is 0 Å². The molecule has 28 heavy (non-hydrogen) atoms. The van der Waals surface area contributed by atoms with Crippen molar-refractivity contribution in [3.63, 3.8) is 0 Å². The quantitative estimate of drug-likeness (QED) is 0.209. The van der Waals surface area contributed by atoms with Gasteiger partial charge in [0.15, 0.2) is 5.96 Å². The lowest BCUT2D eigenvalue weighted by Crippen LogP contribution is -2.39. The minimum atomic E-state index is 0. The van der Waals surface area contributed by atoms with Crippen LogP contribution >= 0.6 is 24.0 Å². The molecule has 0 bridgehead atoms. The molecule has 1 aliphatic rings. The van der Waals surface area contributed by atoms with Gasteiger partial charge in [-0.3, -0.25) is 4.99 Å². The molecule has 0 spiro atoms. The third-order valence-electron chi connectivity index (χ3n) is 4.73. The molecule has 2 rings (SSSR count). The van der Waals surface area contributed by atoms with Gasteiger partial charge in [0.2, 0.25) is 0 Å².